The van der Waals surface area contributed by atoms with Crippen LogP contribution >= 0.6 is 31.9 Å². The molecule has 0 fully saturated rings. The third kappa shape index (κ3) is 4.23. The van der Waals surface area contributed by atoms with E-state index in [1.54, 1.807) is 12.1 Å². The van der Waals surface area contributed by atoms with Crippen LogP contribution < -0.4 is 10.2 Å². The second-order valence-corrected chi connectivity index (χ2v) is 6.18. The minimum absolute atomic E-state index is 0.0142. The van der Waals surface area contributed by atoms with Gasteiger partial charge in [-0.05, 0) is 46.3 Å². The molecular weight excluding hydrogens is 432 g/mol. The quantitative estimate of drug-likeness (QED) is 0.498. The van der Waals surface area contributed by atoms with Gasteiger partial charge in [-0.1, -0.05) is 15.9 Å². The van der Waals surface area contributed by atoms with Gasteiger partial charge in [0.1, 0.15) is 5.75 Å². The van der Waals surface area contributed by atoms with Crippen molar-refractivity contribution in [1.82, 2.24) is 5.43 Å². The molecule has 0 aliphatic heterocycles. The Bertz CT molecular complexity index is 778. The second-order valence-electron chi connectivity index (χ2n) is 4.41. The fraction of sp³-hybridized carbons (Fsp3) is 0.0667. The van der Waals surface area contributed by atoms with Crippen LogP contribution in [0.3, 0.4) is 0 Å². The van der Waals surface area contributed by atoms with E-state index < -0.39 is 5.91 Å². The number of methoxy groups -OCH3 is 1. The smallest absolute Gasteiger partial charge is 0.275 e. The van der Waals surface area contributed by atoms with Gasteiger partial charge in [0.2, 0.25) is 0 Å². The lowest BCUT2D eigenvalue weighted by molar-refractivity contribution is 0.0952. The summed E-state index contributed by atoms with van der Waals surface area (Å²) in [6.07, 6.45) is 1.39. The van der Waals surface area contributed by atoms with Gasteiger partial charge in [0.05, 0.1) is 18.9 Å². The number of nitrogens with zero attached hydrogens (tertiary/aromatic N) is 1. The molecule has 0 bridgehead atoms. The van der Waals surface area contributed by atoms with Gasteiger partial charge in [-0.15, -0.1) is 0 Å². The van der Waals surface area contributed by atoms with Crippen LogP contribution in [-0.4, -0.2) is 29.4 Å². The molecule has 0 unspecified atom stereocenters. The van der Waals surface area contributed by atoms with Gasteiger partial charge < -0.3 is 14.9 Å². The van der Waals surface area contributed by atoms with Crippen molar-refractivity contribution in [1.29, 1.82) is 0 Å². The molecule has 2 rings (SSSR count). The normalized spacial score (nSPS) is 10.7. The number of aromatic hydroxyl groups is 2. The molecule has 0 aromatic heterocycles. The first kappa shape index (κ1) is 17.3. The Morgan fingerprint density at radius 1 is 1.22 bits per heavy atom. The number of phenols is 2. The number of carbonyl (C=O) groups is 1. The predicted octanol–water partition coefficient (Wildman–Crippen LogP) is 3.40. The number of hydrogen-bond acceptors (Lipinski definition) is 5. The summed E-state index contributed by atoms with van der Waals surface area (Å²) in [5.41, 5.74) is 3.01. The van der Waals surface area contributed by atoms with Crippen molar-refractivity contribution in [2.75, 3.05) is 7.11 Å². The van der Waals surface area contributed by atoms with Crippen molar-refractivity contribution in [2.24, 2.45) is 5.10 Å². The molecule has 8 heteroatoms. The maximum atomic E-state index is 12.0. The largest absolute Gasteiger partial charge is 0.507 e. The van der Waals surface area contributed by atoms with E-state index in [-0.39, 0.29) is 22.8 Å². The van der Waals surface area contributed by atoms with Gasteiger partial charge in [-0.2, -0.15) is 5.10 Å². The maximum absolute atomic E-state index is 12.0. The molecule has 0 saturated carbocycles. The van der Waals surface area contributed by atoms with E-state index in [0.717, 1.165) is 0 Å². The van der Waals surface area contributed by atoms with Gasteiger partial charge in [-0.3, -0.25) is 4.79 Å². The van der Waals surface area contributed by atoms with Crippen LogP contribution in [0.4, 0.5) is 0 Å². The number of phenolic OH excluding ortho intramolecular Hbond substituents is 2. The molecule has 2 aromatic carbocycles. The highest BCUT2D eigenvalue weighted by Gasteiger charge is 2.11. The zero-order valence-electron chi connectivity index (χ0n) is 11.9. The van der Waals surface area contributed by atoms with E-state index in [1.807, 2.05) is 0 Å². The Morgan fingerprint density at radius 3 is 2.65 bits per heavy atom. The third-order valence-electron chi connectivity index (χ3n) is 2.87. The number of ether oxygens (including phenoxy) is 1. The molecule has 3 N–H and O–H groups in total. The first-order valence-corrected chi connectivity index (χ1v) is 7.89. The summed E-state index contributed by atoms with van der Waals surface area (Å²) >= 11 is 6.51. The summed E-state index contributed by atoms with van der Waals surface area (Å²) in [5, 5.41) is 23.1. The molecule has 0 spiro atoms. The molecule has 23 heavy (non-hydrogen) atoms. The number of rotatable bonds is 4. The lowest BCUT2D eigenvalue weighted by Crippen LogP contribution is -2.17. The van der Waals surface area contributed by atoms with E-state index in [2.05, 4.69) is 42.4 Å². The van der Waals surface area contributed by atoms with Gasteiger partial charge in [0.15, 0.2) is 11.5 Å². The maximum Gasteiger partial charge on any atom is 0.275 e. The highest BCUT2D eigenvalue weighted by molar-refractivity contribution is 9.10. The Morgan fingerprint density at radius 2 is 1.96 bits per heavy atom. The van der Waals surface area contributed by atoms with Crippen LogP contribution in [0.15, 0.2) is 44.4 Å². The standard InChI is InChI=1S/C15H12Br2N2O4/c1-23-14-4-8(11(17)6-13(14)21)7-18-19-15(22)10-5-9(16)2-3-12(10)20/h2-7,20-21H,1H3,(H,19,22)/b18-7-. The topological polar surface area (TPSA) is 91.2 Å². The number of benzene rings is 2. The SMILES string of the molecule is COc1cc(/C=N\NC(=O)c2cc(Br)ccc2O)c(Br)cc1O. The average molecular weight is 444 g/mol. The molecule has 0 radical (unpaired) electrons. The number of hydrogen-bond donors (Lipinski definition) is 3. The number of carbonyl (C=O) groups excluding carboxylic acids is 1. The number of nitrogens with one attached hydrogen (secondary N) is 1. The van der Waals surface area contributed by atoms with Crippen molar-refractivity contribution < 1.29 is 19.7 Å². The molecular formula is C15H12Br2N2O4. The van der Waals surface area contributed by atoms with Crippen LogP contribution in [0, 0.1) is 0 Å². The van der Waals surface area contributed by atoms with Crippen molar-refractivity contribution in [3.63, 3.8) is 0 Å². The summed E-state index contributed by atoms with van der Waals surface area (Å²) < 4.78 is 6.25. The molecule has 0 aliphatic carbocycles. The second kappa shape index (κ2) is 7.47. The minimum Gasteiger partial charge on any atom is -0.507 e. The van der Waals surface area contributed by atoms with Crippen LogP contribution in [0.5, 0.6) is 17.2 Å². The lowest BCUT2D eigenvalue weighted by atomic mass is 10.2. The van der Waals surface area contributed by atoms with E-state index in [4.69, 9.17) is 4.74 Å². The van der Waals surface area contributed by atoms with E-state index in [0.29, 0.717) is 14.5 Å². The van der Waals surface area contributed by atoms with E-state index >= 15 is 0 Å². The number of hydrazone groups is 1. The lowest BCUT2D eigenvalue weighted by Gasteiger charge is -2.06. The van der Waals surface area contributed by atoms with Gasteiger partial charge in [-0.25, -0.2) is 5.43 Å². The van der Waals surface area contributed by atoms with Crippen molar-refractivity contribution >= 4 is 44.0 Å². The Labute approximate surface area is 149 Å². The Hall–Kier alpha value is -2.06. The fourth-order valence-electron chi connectivity index (χ4n) is 1.73. The van der Waals surface area contributed by atoms with Crippen molar-refractivity contribution in [3.8, 4) is 17.2 Å². The molecule has 6 nitrogen and oxygen atoms in total. The molecule has 0 saturated heterocycles. The number of halogens is 2. The summed E-state index contributed by atoms with van der Waals surface area (Å²) in [6.45, 7) is 0. The molecule has 1 amide bonds. The fourth-order valence-corrected chi connectivity index (χ4v) is 2.53. The van der Waals surface area contributed by atoms with E-state index in [1.165, 1.54) is 31.5 Å². The molecule has 0 atom stereocenters. The Kier molecular flexibility index (Phi) is 5.62. The summed E-state index contributed by atoms with van der Waals surface area (Å²) in [5.74, 6) is -0.430. The van der Waals surface area contributed by atoms with Crippen LogP contribution in [0.25, 0.3) is 0 Å². The molecule has 0 heterocycles. The Balaban J connectivity index is 2.16. The first-order chi connectivity index (χ1) is 10.9. The first-order valence-electron chi connectivity index (χ1n) is 6.30. The third-order valence-corrected chi connectivity index (χ3v) is 4.05. The average Bonchev–Trinajstić information content (AvgIpc) is 2.51. The molecule has 0 aliphatic rings. The zero-order chi connectivity index (χ0) is 17.0. The zero-order valence-corrected chi connectivity index (χ0v) is 15.1. The number of amides is 1. The van der Waals surface area contributed by atoms with Gasteiger partial charge in [0, 0.05) is 14.5 Å². The van der Waals surface area contributed by atoms with Gasteiger partial charge >= 0.3 is 0 Å². The van der Waals surface area contributed by atoms with Gasteiger partial charge in [0.25, 0.3) is 5.91 Å². The molecule has 120 valence electrons. The van der Waals surface area contributed by atoms with Crippen LogP contribution in [-0.2, 0) is 0 Å². The minimum atomic E-state index is -0.554. The van der Waals surface area contributed by atoms with Crippen molar-refractivity contribution in [2.45, 2.75) is 0 Å². The summed E-state index contributed by atoms with van der Waals surface area (Å²) in [4.78, 5) is 12.0. The van der Waals surface area contributed by atoms with Crippen LogP contribution in [0.1, 0.15) is 15.9 Å². The predicted molar refractivity (Wildman–Crippen MR) is 93.2 cm³/mol. The van der Waals surface area contributed by atoms with E-state index in [9.17, 15) is 15.0 Å². The molecule has 2 aromatic rings. The highest BCUT2D eigenvalue weighted by atomic mass is 79.9. The summed E-state index contributed by atoms with van der Waals surface area (Å²) in [6, 6.07) is 7.53. The summed E-state index contributed by atoms with van der Waals surface area (Å²) in [7, 11) is 1.43. The highest BCUT2D eigenvalue weighted by Crippen LogP contribution is 2.31. The van der Waals surface area contributed by atoms with Crippen LogP contribution in [0.2, 0.25) is 0 Å². The monoisotopic (exact) mass is 442 g/mol. The van der Waals surface area contributed by atoms with Crippen molar-refractivity contribution in [3.05, 3.63) is 50.4 Å².